The Morgan fingerprint density at radius 2 is 0.558 bits per heavy atom. The lowest BCUT2D eigenvalue weighted by atomic mass is 9.33. The molecule has 0 N–H and O–H groups in total. The quantitative estimate of drug-likeness (QED) is 0.127. The van der Waals surface area contributed by atoms with Gasteiger partial charge in [0, 0.05) is 77.7 Å². The van der Waals surface area contributed by atoms with E-state index < -0.39 is 0 Å². The Kier molecular flexibility index (Phi) is 12.7. The lowest BCUT2D eigenvalue weighted by molar-refractivity contribution is 1.17. The van der Waals surface area contributed by atoms with Gasteiger partial charge in [0.25, 0.3) is 6.71 Å². The molecule has 0 saturated heterocycles. The van der Waals surface area contributed by atoms with E-state index in [1.165, 1.54) is 49.0 Å². The Morgan fingerprint density at radius 1 is 0.211 bits per heavy atom. The fourth-order valence-corrected chi connectivity index (χ4v) is 16.0. The highest BCUT2D eigenvalue weighted by atomic mass is 15.2. The lowest BCUT2D eigenvalue weighted by Crippen LogP contribution is -2.61. The summed E-state index contributed by atoms with van der Waals surface area (Å²) in [6.07, 6.45) is 0. The van der Waals surface area contributed by atoms with Crippen molar-refractivity contribution in [2.24, 2.45) is 0 Å². The van der Waals surface area contributed by atoms with Gasteiger partial charge in [0.1, 0.15) is 0 Å². The maximum absolute atomic E-state index is 2.70. The van der Waals surface area contributed by atoms with Crippen molar-refractivity contribution >= 4 is 101 Å². The van der Waals surface area contributed by atoms with Crippen LogP contribution in [0, 0.1) is 0 Å². The topological polar surface area (TPSA) is 16.3 Å². The van der Waals surface area contributed by atoms with Crippen LogP contribution in [0.5, 0.6) is 0 Å². The molecule has 2 aromatic heterocycles. The third-order valence-corrected chi connectivity index (χ3v) is 19.9. The van der Waals surface area contributed by atoms with Gasteiger partial charge in [-0.15, -0.1) is 0 Å². The Labute approximate surface area is 552 Å². The highest BCUT2D eigenvalue weighted by molar-refractivity contribution is 7.00. The minimum Gasteiger partial charge on any atom is -0.310 e. The summed E-state index contributed by atoms with van der Waals surface area (Å²) in [5, 5.41) is 4.81. The number of nitrogens with zero attached hydrogens (tertiary/aromatic N) is 4. The van der Waals surface area contributed by atoms with Gasteiger partial charge in [-0.1, -0.05) is 309 Å². The second-order valence-electron chi connectivity index (χ2n) is 25.0. The van der Waals surface area contributed by atoms with Gasteiger partial charge in [-0.25, -0.2) is 0 Å². The molecule has 0 unspecified atom stereocenters. The molecular formula is C90H59BN4. The molecule has 0 saturated carbocycles. The summed E-state index contributed by atoms with van der Waals surface area (Å²) < 4.78 is 5.06. The predicted molar refractivity (Wildman–Crippen MR) is 402 cm³/mol. The van der Waals surface area contributed by atoms with Crippen molar-refractivity contribution in [1.82, 2.24) is 9.13 Å². The third-order valence-electron chi connectivity index (χ3n) is 19.9. The number of para-hydroxylation sites is 6. The fraction of sp³-hybridized carbons (Fsp3) is 0. The zero-order chi connectivity index (χ0) is 62.5. The average molecular weight is 1210 g/mol. The summed E-state index contributed by atoms with van der Waals surface area (Å²) in [6.45, 7) is -0.234. The molecule has 5 heteroatoms. The maximum Gasteiger partial charge on any atom is 0.252 e. The van der Waals surface area contributed by atoms with Crippen LogP contribution >= 0.6 is 0 Å². The van der Waals surface area contributed by atoms with Crippen LogP contribution in [0.15, 0.2) is 358 Å². The molecular weight excluding hydrogens is 1150 g/mol. The van der Waals surface area contributed by atoms with Crippen LogP contribution in [-0.4, -0.2) is 15.8 Å². The number of anilines is 6. The van der Waals surface area contributed by atoms with Crippen LogP contribution in [0.25, 0.3) is 122 Å². The summed E-state index contributed by atoms with van der Waals surface area (Å²) in [6, 6.07) is 133. The Bertz CT molecular complexity index is 5620. The van der Waals surface area contributed by atoms with E-state index in [2.05, 4.69) is 377 Å². The van der Waals surface area contributed by atoms with E-state index in [0.29, 0.717) is 0 Å². The van der Waals surface area contributed by atoms with Gasteiger partial charge in [0.2, 0.25) is 0 Å². The second kappa shape index (κ2) is 22.2. The van der Waals surface area contributed by atoms with Gasteiger partial charge in [-0.3, -0.25) is 0 Å². The minimum atomic E-state index is -0.234. The van der Waals surface area contributed by atoms with Gasteiger partial charge >= 0.3 is 0 Å². The summed E-state index contributed by atoms with van der Waals surface area (Å²) in [5.41, 5.74) is 31.1. The van der Waals surface area contributed by atoms with Gasteiger partial charge in [-0.05, 0) is 98.3 Å². The van der Waals surface area contributed by atoms with Crippen molar-refractivity contribution in [3.8, 4) is 78.1 Å². The molecule has 0 atom stereocenters. The molecule has 17 aromatic rings. The van der Waals surface area contributed by atoms with Gasteiger partial charge in [0.15, 0.2) is 0 Å². The minimum absolute atomic E-state index is 0.234. The summed E-state index contributed by atoms with van der Waals surface area (Å²) in [4.78, 5) is 5.35. The van der Waals surface area contributed by atoms with E-state index >= 15 is 0 Å². The van der Waals surface area contributed by atoms with Crippen molar-refractivity contribution in [1.29, 1.82) is 0 Å². The molecule has 0 bridgehead atoms. The molecule has 0 aliphatic carbocycles. The molecule has 0 fully saturated rings. The molecule has 442 valence electrons. The predicted octanol–water partition coefficient (Wildman–Crippen LogP) is 22.0. The lowest BCUT2D eigenvalue weighted by Gasteiger charge is -2.46. The molecule has 0 radical (unpaired) electrons. The molecule has 95 heavy (non-hydrogen) atoms. The molecule has 0 amide bonds. The Hall–Kier alpha value is -12.4. The Morgan fingerprint density at radius 3 is 1.00 bits per heavy atom. The van der Waals surface area contributed by atoms with Gasteiger partial charge < -0.3 is 18.9 Å². The summed E-state index contributed by atoms with van der Waals surface area (Å²) in [5.74, 6) is 0. The normalized spacial score (nSPS) is 12.4. The molecule has 0 spiro atoms. The van der Waals surface area contributed by atoms with Crippen molar-refractivity contribution in [3.05, 3.63) is 358 Å². The average Bonchev–Trinajstić information content (AvgIpc) is 1.65. The Balaban J connectivity index is 0.986. The number of aromatic nitrogens is 2. The molecule has 19 rings (SSSR count). The van der Waals surface area contributed by atoms with Crippen LogP contribution in [0.4, 0.5) is 34.1 Å². The van der Waals surface area contributed by atoms with E-state index in [-0.39, 0.29) is 6.71 Å². The monoisotopic (exact) mass is 1210 g/mol. The van der Waals surface area contributed by atoms with E-state index in [1.807, 2.05) is 0 Å². The smallest absolute Gasteiger partial charge is 0.252 e. The number of hydrogen-bond donors (Lipinski definition) is 0. The first-order chi connectivity index (χ1) is 47.2. The molecule has 4 heterocycles. The largest absolute Gasteiger partial charge is 0.310 e. The zero-order valence-electron chi connectivity index (χ0n) is 51.9. The van der Waals surface area contributed by atoms with Crippen molar-refractivity contribution < 1.29 is 0 Å². The fourth-order valence-electron chi connectivity index (χ4n) is 16.0. The first kappa shape index (κ1) is 54.3. The van der Waals surface area contributed by atoms with Crippen molar-refractivity contribution in [2.45, 2.75) is 0 Å². The summed E-state index contributed by atoms with van der Waals surface area (Å²) in [7, 11) is 0. The molecule has 15 aromatic carbocycles. The van der Waals surface area contributed by atoms with Crippen LogP contribution in [0.3, 0.4) is 0 Å². The van der Waals surface area contributed by atoms with Gasteiger partial charge in [0.05, 0.1) is 44.8 Å². The standard InChI is InChI=1S/C90H59BN4/c1-7-29-60(30-8-1)67-44-25-45-68(61-31-9-2-10-32-61)87(67)93-80-52-24-21-43-75(80)85-81(93)58-57-77-90(85)95(89-71(64-37-15-5-16-38-64)48-27-49-72(89)65-39-17-6-18-40-65)83-54-28-53-82-86(83)91(77)76-56-55-66(92-78-50-22-19-41-73(78)74-42-20-23-51-79(74)92)59-84(76)94(82)88-69(62-33-11-3-12-34-62)46-26-47-70(88)63-35-13-4-14-36-63/h1-59H. The second-order valence-corrected chi connectivity index (χ2v) is 25.0. The SMILES string of the molecule is c1ccc(-c2cccc(-c3ccccc3)c2N2c3cc(-n4c5ccccc5c5ccccc54)ccc3B3c4ccc5c(c4N(c4c(-c6ccccc6)cccc4-c4ccccc4)c4cccc2c43)c2ccccc2n5-c2c(-c3ccccc3)cccc2-c2ccccc2)cc1. The molecule has 2 aliphatic heterocycles. The first-order valence-corrected chi connectivity index (χ1v) is 32.9. The first-order valence-electron chi connectivity index (χ1n) is 32.9. The van der Waals surface area contributed by atoms with Crippen LogP contribution < -0.4 is 26.2 Å². The van der Waals surface area contributed by atoms with Crippen LogP contribution in [-0.2, 0) is 0 Å². The number of fused-ring (bicyclic) bond motifs is 11. The molecule has 4 nitrogen and oxygen atoms in total. The number of rotatable bonds is 10. The maximum atomic E-state index is 2.70. The highest BCUT2D eigenvalue weighted by Crippen LogP contribution is 2.55. The third kappa shape index (κ3) is 8.49. The van der Waals surface area contributed by atoms with Gasteiger partial charge in [-0.2, -0.15) is 0 Å². The van der Waals surface area contributed by atoms with Crippen LogP contribution in [0.2, 0.25) is 0 Å². The van der Waals surface area contributed by atoms with Crippen molar-refractivity contribution in [3.63, 3.8) is 0 Å². The van der Waals surface area contributed by atoms with Crippen LogP contribution in [0.1, 0.15) is 0 Å². The number of hydrogen-bond acceptors (Lipinski definition) is 2. The zero-order valence-corrected chi connectivity index (χ0v) is 51.9. The van der Waals surface area contributed by atoms with E-state index in [0.717, 1.165) is 123 Å². The summed E-state index contributed by atoms with van der Waals surface area (Å²) >= 11 is 0. The van der Waals surface area contributed by atoms with Crippen molar-refractivity contribution in [2.75, 3.05) is 9.80 Å². The van der Waals surface area contributed by atoms with E-state index in [1.54, 1.807) is 0 Å². The number of benzene rings is 15. The molecule has 2 aliphatic rings. The highest BCUT2D eigenvalue weighted by Gasteiger charge is 2.46. The van der Waals surface area contributed by atoms with E-state index in [4.69, 9.17) is 0 Å². The van der Waals surface area contributed by atoms with E-state index in [9.17, 15) is 0 Å².